The maximum Gasteiger partial charge on any atom is 0.286 e. The van der Waals surface area contributed by atoms with Crippen molar-refractivity contribution in [1.82, 2.24) is 4.98 Å². The Bertz CT molecular complexity index is 813. The number of aromatic nitrogens is 1. The molecule has 2 rings (SSSR count). The van der Waals surface area contributed by atoms with Crippen LogP contribution in [0.4, 0.5) is 11.4 Å². The fourth-order valence-corrected chi connectivity index (χ4v) is 1.99. The topological polar surface area (TPSA) is 114 Å². The molecule has 0 spiro atoms. The minimum Gasteiger partial charge on any atom is -0.494 e. The molecule has 0 aliphatic carbocycles. The first-order valence-electron chi connectivity index (χ1n) is 6.84. The smallest absolute Gasteiger partial charge is 0.286 e. The van der Waals surface area contributed by atoms with Gasteiger partial charge in [0.05, 0.1) is 17.7 Å². The van der Waals surface area contributed by atoms with Crippen molar-refractivity contribution in [2.24, 2.45) is 0 Å². The van der Waals surface area contributed by atoms with Crippen molar-refractivity contribution in [2.45, 2.75) is 13.8 Å². The van der Waals surface area contributed by atoms with E-state index < -0.39 is 16.4 Å². The molecule has 0 fully saturated rings. The lowest BCUT2D eigenvalue weighted by Gasteiger charge is -2.10. The summed E-state index contributed by atoms with van der Waals surface area (Å²) < 4.78 is 5.40. The van der Waals surface area contributed by atoms with E-state index in [9.17, 15) is 19.7 Å². The molecule has 2 N–H and O–H groups in total. The van der Waals surface area contributed by atoms with Crippen LogP contribution in [0.2, 0.25) is 0 Å². The minimum atomic E-state index is -0.724. The van der Waals surface area contributed by atoms with Crippen LogP contribution in [-0.2, 0) is 0 Å². The van der Waals surface area contributed by atoms with Crippen LogP contribution in [0.3, 0.4) is 0 Å². The van der Waals surface area contributed by atoms with Crippen molar-refractivity contribution in [3.05, 3.63) is 62.1 Å². The Labute approximate surface area is 131 Å². The number of hydrogen-bond acceptors (Lipinski definition) is 5. The third kappa shape index (κ3) is 3.73. The first kappa shape index (κ1) is 16.2. The third-order valence-corrected chi connectivity index (χ3v) is 3.08. The predicted molar refractivity (Wildman–Crippen MR) is 84.0 cm³/mol. The number of carbonyl (C=O) groups excluding carboxylic acids is 1. The van der Waals surface area contributed by atoms with Crippen molar-refractivity contribution in [3.63, 3.8) is 0 Å². The van der Waals surface area contributed by atoms with E-state index in [4.69, 9.17) is 4.74 Å². The Kier molecular flexibility index (Phi) is 4.75. The second kappa shape index (κ2) is 6.73. The van der Waals surface area contributed by atoms with Crippen molar-refractivity contribution in [1.29, 1.82) is 0 Å². The summed E-state index contributed by atoms with van der Waals surface area (Å²) in [4.78, 5) is 36.0. The van der Waals surface area contributed by atoms with Gasteiger partial charge in [-0.25, -0.2) is 0 Å². The predicted octanol–water partition coefficient (Wildman–Crippen LogP) is 2.24. The summed E-state index contributed by atoms with van der Waals surface area (Å²) >= 11 is 0. The molecule has 1 amide bonds. The van der Waals surface area contributed by atoms with Crippen molar-refractivity contribution in [3.8, 4) is 5.75 Å². The maximum absolute atomic E-state index is 12.1. The third-order valence-electron chi connectivity index (χ3n) is 3.08. The Hall–Kier alpha value is -3.16. The largest absolute Gasteiger partial charge is 0.494 e. The zero-order valence-corrected chi connectivity index (χ0v) is 12.6. The molecule has 1 aromatic carbocycles. The van der Waals surface area contributed by atoms with E-state index in [1.165, 1.54) is 0 Å². The van der Waals surface area contributed by atoms with Crippen LogP contribution in [0.1, 0.15) is 22.8 Å². The van der Waals surface area contributed by atoms with Gasteiger partial charge >= 0.3 is 0 Å². The molecule has 1 aromatic heterocycles. The summed E-state index contributed by atoms with van der Waals surface area (Å²) in [6, 6.07) is 5.96. The van der Waals surface area contributed by atoms with Crippen molar-refractivity contribution in [2.75, 3.05) is 11.9 Å². The van der Waals surface area contributed by atoms with E-state index in [1.807, 2.05) is 13.8 Å². The fraction of sp³-hybridized carbons (Fsp3) is 0.200. The van der Waals surface area contributed by atoms with Crippen LogP contribution in [0.5, 0.6) is 5.75 Å². The number of rotatable bonds is 5. The summed E-state index contributed by atoms with van der Waals surface area (Å²) in [6.45, 7) is 4.21. The normalized spacial score (nSPS) is 10.2. The van der Waals surface area contributed by atoms with E-state index in [0.29, 0.717) is 18.0 Å². The molecule has 120 valence electrons. The quantitative estimate of drug-likeness (QED) is 0.648. The molecule has 0 bridgehead atoms. The Morgan fingerprint density at radius 3 is 2.74 bits per heavy atom. The van der Waals surface area contributed by atoms with Crippen molar-refractivity contribution < 1.29 is 14.5 Å². The SMILES string of the molecule is CCOc1ccc(NC(=O)c2cc([N+](=O)[O-])c[nH]c2=O)cc1C. The summed E-state index contributed by atoms with van der Waals surface area (Å²) in [5.41, 5.74) is -0.112. The van der Waals surface area contributed by atoms with Gasteiger partial charge in [-0.15, -0.1) is 0 Å². The molecule has 0 atom stereocenters. The minimum absolute atomic E-state index is 0.328. The van der Waals surface area contributed by atoms with Gasteiger partial charge in [0, 0.05) is 11.8 Å². The molecule has 0 radical (unpaired) electrons. The number of hydrogen-bond donors (Lipinski definition) is 2. The van der Waals surface area contributed by atoms with E-state index in [2.05, 4.69) is 10.3 Å². The maximum atomic E-state index is 12.1. The number of anilines is 1. The highest BCUT2D eigenvalue weighted by Crippen LogP contribution is 2.22. The summed E-state index contributed by atoms with van der Waals surface area (Å²) in [5, 5.41) is 13.3. The zero-order chi connectivity index (χ0) is 17.0. The molecule has 1 heterocycles. The number of nitro groups is 1. The Balaban J connectivity index is 2.25. The lowest BCUT2D eigenvalue weighted by molar-refractivity contribution is -0.385. The number of nitrogens with one attached hydrogen (secondary N) is 2. The van der Waals surface area contributed by atoms with Crippen LogP contribution in [0, 0.1) is 17.0 Å². The standard InChI is InChI=1S/C15H15N3O5/c1-3-23-13-5-4-10(6-9(13)2)17-15(20)12-7-11(18(21)22)8-16-14(12)19/h4-8H,3H2,1-2H3,(H,16,19)(H,17,20). The highest BCUT2D eigenvalue weighted by Gasteiger charge is 2.16. The molecule has 0 saturated carbocycles. The average Bonchev–Trinajstić information content (AvgIpc) is 2.50. The van der Waals surface area contributed by atoms with Gasteiger partial charge in [-0.1, -0.05) is 0 Å². The summed E-state index contributed by atoms with van der Waals surface area (Å²) in [6.07, 6.45) is 0.945. The van der Waals surface area contributed by atoms with Gasteiger partial charge in [0.2, 0.25) is 0 Å². The van der Waals surface area contributed by atoms with E-state index >= 15 is 0 Å². The zero-order valence-electron chi connectivity index (χ0n) is 12.6. The molecular weight excluding hydrogens is 302 g/mol. The van der Waals surface area contributed by atoms with Gasteiger partial charge < -0.3 is 15.0 Å². The van der Waals surface area contributed by atoms with Crippen LogP contribution in [-0.4, -0.2) is 22.4 Å². The molecular formula is C15H15N3O5. The van der Waals surface area contributed by atoms with Crippen LogP contribution in [0.25, 0.3) is 0 Å². The number of amides is 1. The number of aryl methyl sites for hydroxylation is 1. The second-order valence-corrected chi connectivity index (χ2v) is 4.73. The number of H-pyrrole nitrogens is 1. The van der Waals surface area contributed by atoms with E-state index in [1.54, 1.807) is 18.2 Å². The van der Waals surface area contributed by atoms with Gasteiger partial charge in [-0.05, 0) is 37.6 Å². The molecule has 2 aromatic rings. The monoisotopic (exact) mass is 317 g/mol. The number of pyridine rings is 1. The molecule has 0 unspecified atom stereocenters. The van der Waals surface area contributed by atoms with Gasteiger partial charge in [-0.3, -0.25) is 19.7 Å². The number of aromatic amines is 1. The number of carbonyl (C=O) groups is 1. The molecule has 8 heteroatoms. The molecule has 8 nitrogen and oxygen atoms in total. The highest BCUT2D eigenvalue weighted by molar-refractivity contribution is 6.04. The molecule has 0 saturated heterocycles. The number of benzene rings is 1. The van der Waals surface area contributed by atoms with Crippen LogP contribution >= 0.6 is 0 Å². The van der Waals surface area contributed by atoms with E-state index in [0.717, 1.165) is 17.8 Å². The van der Waals surface area contributed by atoms with Crippen molar-refractivity contribution >= 4 is 17.3 Å². The Morgan fingerprint density at radius 2 is 2.13 bits per heavy atom. The van der Waals surface area contributed by atoms with Gasteiger partial charge in [-0.2, -0.15) is 0 Å². The summed E-state index contributed by atoms with van der Waals surface area (Å²) in [7, 11) is 0. The van der Waals surface area contributed by atoms with Crippen LogP contribution < -0.4 is 15.6 Å². The first-order valence-corrected chi connectivity index (χ1v) is 6.84. The van der Waals surface area contributed by atoms with Gasteiger partial charge in [0.1, 0.15) is 11.3 Å². The van der Waals surface area contributed by atoms with Gasteiger partial charge in [0.15, 0.2) is 0 Å². The molecule has 0 aliphatic heterocycles. The molecule has 0 aliphatic rings. The van der Waals surface area contributed by atoms with Gasteiger partial charge in [0.25, 0.3) is 17.2 Å². The first-order chi connectivity index (χ1) is 10.9. The second-order valence-electron chi connectivity index (χ2n) is 4.73. The average molecular weight is 317 g/mol. The number of nitrogens with zero attached hydrogens (tertiary/aromatic N) is 1. The summed E-state index contributed by atoms with van der Waals surface area (Å²) in [5.74, 6) is -0.0304. The lowest BCUT2D eigenvalue weighted by Crippen LogP contribution is -2.23. The Morgan fingerprint density at radius 1 is 1.39 bits per heavy atom. The number of ether oxygens (including phenoxy) is 1. The van der Waals surface area contributed by atoms with E-state index in [-0.39, 0.29) is 11.3 Å². The van der Waals surface area contributed by atoms with Crippen LogP contribution in [0.15, 0.2) is 35.3 Å². The lowest BCUT2D eigenvalue weighted by atomic mass is 10.2. The molecule has 23 heavy (non-hydrogen) atoms. The fourth-order valence-electron chi connectivity index (χ4n) is 1.99. The highest BCUT2D eigenvalue weighted by atomic mass is 16.6.